The summed E-state index contributed by atoms with van der Waals surface area (Å²) in [6, 6.07) is 12.0. The summed E-state index contributed by atoms with van der Waals surface area (Å²) < 4.78 is 89.7. The van der Waals surface area contributed by atoms with Crippen LogP contribution in [0.15, 0.2) is 57.6 Å². The Hall–Kier alpha value is -4.97. The topological polar surface area (TPSA) is 181 Å². The molecule has 1 fully saturated rings. The molecule has 0 radical (unpaired) electrons. The smallest absolute Gasteiger partial charge is 0.490 e. The van der Waals surface area contributed by atoms with Crippen molar-refractivity contribution in [1.82, 2.24) is 20.6 Å². The second-order valence-electron chi connectivity index (χ2n) is 10.4. The van der Waals surface area contributed by atoms with Gasteiger partial charge in [0, 0.05) is 23.2 Å². The zero-order chi connectivity index (χ0) is 33.4. The van der Waals surface area contributed by atoms with Crippen molar-refractivity contribution in [2.24, 2.45) is 5.41 Å². The molecule has 2 aromatic carbocycles. The molecule has 0 unspecified atom stereocenters. The first-order valence-electron chi connectivity index (χ1n) is 13.3. The lowest BCUT2D eigenvalue weighted by Gasteiger charge is -2.32. The molecule has 2 aliphatic rings. The molecule has 6 rings (SSSR count). The first-order chi connectivity index (χ1) is 21.6. The zero-order valence-corrected chi connectivity index (χ0v) is 23.1. The van der Waals surface area contributed by atoms with Gasteiger partial charge < -0.3 is 34.4 Å². The summed E-state index contributed by atoms with van der Waals surface area (Å²) in [5, 5.41) is 37.8. The summed E-state index contributed by atoms with van der Waals surface area (Å²) in [5.41, 5.74) is -1.26. The van der Waals surface area contributed by atoms with E-state index >= 15 is 0 Å². The van der Waals surface area contributed by atoms with Gasteiger partial charge in [-0.2, -0.15) is 31.3 Å². The van der Waals surface area contributed by atoms with Crippen molar-refractivity contribution in [2.75, 3.05) is 13.2 Å². The number of rotatable bonds is 7. The van der Waals surface area contributed by atoms with E-state index < -0.39 is 64.8 Å². The third-order valence-electron chi connectivity index (χ3n) is 7.29. The molecule has 2 atom stereocenters. The highest BCUT2D eigenvalue weighted by Crippen LogP contribution is 2.46. The summed E-state index contributed by atoms with van der Waals surface area (Å²) in [5.74, 6) is -4.50. The second kappa shape index (κ2) is 12.1. The Labute approximate surface area is 253 Å². The maximum Gasteiger partial charge on any atom is 0.490 e. The molecule has 244 valence electrons. The zero-order valence-electron chi connectivity index (χ0n) is 23.1. The van der Waals surface area contributed by atoms with Crippen molar-refractivity contribution >= 4 is 11.9 Å². The molecule has 0 bridgehead atoms. The van der Waals surface area contributed by atoms with Crippen molar-refractivity contribution in [1.29, 1.82) is 0 Å². The van der Waals surface area contributed by atoms with Gasteiger partial charge >= 0.3 is 24.3 Å². The average molecular weight is 656 g/mol. The van der Waals surface area contributed by atoms with Gasteiger partial charge in [-0.25, -0.2) is 4.79 Å². The number of aliphatic carboxylic acids is 2. The van der Waals surface area contributed by atoms with E-state index in [0.29, 0.717) is 29.7 Å². The summed E-state index contributed by atoms with van der Waals surface area (Å²) in [6.07, 6.45) is -9.69. The highest BCUT2D eigenvalue weighted by Gasteiger charge is 2.50. The number of aliphatic hydroxyl groups excluding tert-OH is 1. The maximum absolute atomic E-state index is 14.0. The van der Waals surface area contributed by atoms with Gasteiger partial charge in [-0.15, -0.1) is 0 Å². The number of aliphatic hydroxyl groups is 1. The summed E-state index contributed by atoms with van der Waals surface area (Å²) in [7, 11) is 0. The van der Waals surface area contributed by atoms with Crippen LogP contribution in [0.3, 0.4) is 0 Å². The number of nitrogens with one attached hydrogen (secondary N) is 1. The van der Waals surface area contributed by atoms with E-state index in [4.69, 9.17) is 23.7 Å². The van der Waals surface area contributed by atoms with E-state index in [1.165, 1.54) is 12.1 Å². The van der Waals surface area contributed by atoms with E-state index in [0.717, 1.165) is 0 Å². The number of carbonyl (C=O) groups is 2. The Kier molecular flexibility index (Phi) is 8.52. The first-order valence-corrected chi connectivity index (χ1v) is 13.3. The first kappa shape index (κ1) is 32.4. The molecule has 0 spiro atoms. The van der Waals surface area contributed by atoms with Crippen LogP contribution in [-0.4, -0.2) is 67.9 Å². The minimum absolute atomic E-state index is 0.0194. The van der Waals surface area contributed by atoms with Crippen LogP contribution in [0.2, 0.25) is 0 Å². The van der Waals surface area contributed by atoms with E-state index in [9.17, 15) is 41.4 Å². The predicted octanol–water partition coefficient (Wildman–Crippen LogP) is 4.96. The largest absolute Gasteiger partial charge is 0.491 e. The SMILES string of the molecule is O=C(O)C(F)(F)F.O=C(O)C1(CN[C@@H]2COc3cc(-c4noc(-c5onc(-c6ccccc6)c5C(F)(F)F)n4)ccc3[C@@H]2O)CC1. The van der Waals surface area contributed by atoms with E-state index in [1.807, 2.05) is 0 Å². The third kappa shape index (κ3) is 6.66. The van der Waals surface area contributed by atoms with Gasteiger partial charge in [0.05, 0.1) is 11.5 Å². The number of aromatic nitrogens is 3. The summed E-state index contributed by atoms with van der Waals surface area (Å²) in [4.78, 5) is 24.4. The van der Waals surface area contributed by atoms with E-state index in [2.05, 4.69) is 20.6 Å². The number of halogens is 6. The molecule has 46 heavy (non-hydrogen) atoms. The number of hydrogen-bond acceptors (Lipinski definition) is 10. The van der Waals surface area contributed by atoms with E-state index in [-0.39, 0.29) is 24.5 Å². The number of benzene rings is 2. The number of alkyl halides is 6. The van der Waals surface area contributed by atoms with Crippen molar-refractivity contribution in [3.05, 3.63) is 59.7 Å². The maximum atomic E-state index is 14.0. The Morgan fingerprint density at radius 2 is 1.63 bits per heavy atom. The molecule has 0 saturated heterocycles. The number of hydrogen-bond donors (Lipinski definition) is 4. The van der Waals surface area contributed by atoms with Crippen LogP contribution < -0.4 is 10.1 Å². The molecule has 0 amide bonds. The molecular formula is C28H22F6N4O8. The number of carboxylic acids is 2. The van der Waals surface area contributed by atoms with Crippen LogP contribution >= 0.6 is 0 Å². The van der Waals surface area contributed by atoms with Crippen LogP contribution in [0.5, 0.6) is 5.75 Å². The lowest BCUT2D eigenvalue weighted by atomic mass is 9.96. The van der Waals surface area contributed by atoms with Gasteiger partial charge in [0.15, 0.2) is 0 Å². The van der Waals surface area contributed by atoms with Gasteiger partial charge in [0.1, 0.15) is 29.7 Å². The third-order valence-corrected chi connectivity index (χ3v) is 7.29. The highest BCUT2D eigenvalue weighted by molar-refractivity contribution is 5.78. The van der Waals surface area contributed by atoms with Gasteiger partial charge in [-0.3, -0.25) is 4.79 Å². The Balaban J connectivity index is 0.000000537. The Morgan fingerprint density at radius 3 is 2.22 bits per heavy atom. The lowest BCUT2D eigenvalue weighted by Crippen LogP contribution is -2.46. The molecular weight excluding hydrogens is 634 g/mol. The molecule has 1 saturated carbocycles. The molecule has 1 aliphatic heterocycles. The number of fused-ring (bicyclic) bond motifs is 1. The summed E-state index contributed by atoms with van der Waals surface area (Å²) >= 11 is 0. The Bertz CT molecular complexity index is 1730. The van der Waals surface area contributed by atoms with Crippen molar-refractivity contribution in [3.8, 4) is 40.0 Å². The normalized spacial score (nSPS) is 18.5. The molecule has 4 aromatic rings. The minimum Gasteiger partial charge on any atom is -0.491 e. The monoisotopic (exact) mass is 656 g/mol. The quantitative estimate of drug-likeness (QED) is 0.197. The standard InChI is InChI=1S/C26H21F3N4O6.C2HF3O2/c27-26(28,29)18-19(13-4-2-1-3-5-13)32-38-21(18)23-31-22(33-39-23)14-6-7-15-17(10-14)37-11-16(20(15)34)30-12-25(8-9-25)24(35)36;3-2(4,5)1(6)7/h1-7,10,16,20,30,34H,8-9,11-12H2,(H,35,36);(H,6,7)/t16-,20+;/m1./s1. The molecule has 4 N–H and O–H groups in total. The molecule has 18 heteroatoms. The fraction of sp³-hybridized carbons (Fsp3) is 0.321. The average Bonchev–Trinajstić information content (AvgIpc) is 3.41. The number of ether oxygens (including phenoxy) is 1. The number of nitrogens with zero attached hydrogens (tertiary/aromatic N) is 3. The van der Waals surface area contributed by atoms with Crippen molar-refractivity contribution < 1.29 is 65.0 Å². The van der Waals surface area contributed by atoms with Crippen LogP contribution in [-0.2, 0) is 15.8 Å². The molecule has 3 heterocycles. The van der Waals surface area contributed by atoms with Crippen LogP contribution in [0.25, 0.3) is 34.3 Å². The molecule has 1 aliphatic carbocycles. The van der Waals surface area contributed by atoms with Crippen molar-refractivity contribution in [3.63, 3.8) is 0 Å². The van der Waals surface area contributed by atoms with E-state index in [1.54, 1.807) is 36.4 Å². The van der Waals surface area contributed by atoms with Gasteiger partial charge in [0.25, 0.3) is 5.89 Å². The van der Waals surface area contributed by atoms with Crippen molar-refractivity contribution in [2.45, 2.75) is 37.3 Å². The predicted molar refractivity (Wildman–Crippen MR) is 141 cm³/mol. The summed E-state index contributed by atoms with van der Waals surface area (Å²) in [6.45, 7) is 0.306. The van der Waals surface area contributed by atoms with Gasteiger partial charge in [-0.1, -0.05) is 52.8 Å². The molecule has 2 aromatic heterocycles. The van der Waals surface area contributed by atoms with Gasteiger partial charge in [0.2, 0.25) is 11.6 Å². The second-order valence-corrected chi connectivity index (χ2v) is 10.4. The lowest BCUT2D eigenvalue weighted by molar-refractivity contribution is -0.192. The van der Waals surface area contributed by atoms with Crippen LogP contribution in [0, 0.1) is 5.41 Å². The van der Waals surface area contributed by atoms with Crippen LogP contribution in [0.4, 0.5) is 26.3 Å². The minimum atomic E-state index is -5.08. The van der Waals surface area contributed by atoms with Gasteiger partial charge in [-0.05, 0) is 18.9 Å². The molecule has 12 nitrogen and oxygen atoms in total. The highest BCUT2D eigenvalue weighted by atomic mass is 19.4. The fourth-order valence-corrected chi connectivity index (χ4v) is 4.57. The number of carboxylic acid groups (broad SMARTS) is 2. The van der Waals surface area contributed by atoms with Crippen LogP contribution in [0.1, 0.15) is 30.1 Å². The Morgan fingerprint density at radius 1 is 0.957 bits per heavy atom. The fourth-order valence-electron chi connectivity index (χ4n) is 4.57.